The number of hydrogen-bond donors (Lipinski definition) is 1. The molecule has 1 saturated heterocycles. The molecule has 3 aromatic rings. The maximum Gasteiger partial charge on any atom is 0.265 e. The largest absolute Gasteiger partial charge is 0.371 e. The standard InChI is InChI=1S/C22H26N4O3S/c1-3-25-13-14-29-21(16-25)18-9-11-19(12-10-18)24-30(27,28)22-15-23-26(17(22)2)20-7-5-4-6-8-20/h4-12,15,21,24H,3,13-14,16H2,1-2H3. The Balaban J connectivity index is 1.51. The molecule has 1 aliphatic rings. The Labute approximate surface area is 177 Å². The number of nitrogens with zero attached hydrogens (tertiary/aromatic N) is 3. The molecule has 0 saturated carbocycles. The van der Waals surface area contributed by atoms with Crippen LogP contribution in [0.1, 0.15) is 24.3 Å². The Bertz CT molecular complexity index is 1100. The van der Waals surface area contributed by atoms with E-state index in [1.807, 2.05) is 42.5 Å². The number of anilines is 1. The highest BCUT2D eigenvalue weighted by molar-refractivity contribution is 7.92. The van der Waals surface area contributed by atoms with Gasteiger partial charge in [0.25, 0.3) is 10.0 Å². The highest BCUT2D eigenvalue weighted by Crippen LogP contribution is 2.25. The summed E-state index contributed by atoms with van der Waals surface area (Å²) < 4.78 is 36.0. The molecular weight excluding hydrogens is 400 g/mol. The van der Waals surface area contributed by atoms with E-state index < -0.39 is 10.0 Å². The van der Waals surface area contributed by atoms with Crippen LogP contribution in [0.3, 0.4) is 0 Å². The average Bonchev–Trinajstić information content (AvgIpc) is 3.17. The molecule has 0 bridgehead atoms. The van der Waals surface area contributed by atoms with Crippen LogP contribution in [0.4, 0.5) is 5.69 Å². The Kier molecular flexibility index (Phi) is 5.90. The van der Waals surface area contributed by atoms with Crippen molar-refractivity contribution in [3.63, 3.8) is 0 Å². The van der Waals surface area contributed by atoms with Crippen LogP contribution in [0.5, 0.6) is 0 Å². The Morgan fingerprint density at radius 2 is 1.87 bits per heavy atom. The van der Waals surface area contributed by atoms with Crippen LogP contribution in [0.2, 0.25) is 0 Å². The molecule has 0 amide bonds. The maximum absolute atomic E-state index is 12.9. The van der Waals surface area contributed by atoms with Crippen LogP contribution in [0, 0.1) is 6.92 Å². The lowest BCUT2D eigenvalue weighted by molar-refractivity contribution is -0.0281. The van der Waals surface area contributed by atoms with Gasteiger partial charge in [-0.1, -0.05) is 37.3 Å². The van der Waals surface area contributed by atoms with E-state index in [-0.39, 0.29) is 11.0 Å². The first-order valence-corrected chi connectivity index (χ1v) is 11.5. The number of aromatic nitrogens is 2. The molecule has 0 spiro atoms. The monoisotopic (exact) mass is 426 g/mol. The first-order chi connectivity index (χ1) is 14.5. The van der Waals surface area contributed by atoms with Gasteiger partial charge in [0.1, 0.15) is 4.90 Å². The Morgan fingerprint density at radius 1 is 1.13 bits per heavy atom. The third kappa shape index (κ3) is 4.26. The van der Waals surface area contributed by atoms with Gasteiger partial charge in [-0.25, -0.2) is 13.1 Å². The summed E-state index contributed by atoms with van der Waals surface area (Å²) in [6.45, 7) is 7.38. The van der Waals surface area contributed by atoms with Crippen LogP contribution in [0.15, 0.2) is 65.7 Å². The minimum Gasteiger partial charge on any atom is -0.371 e. The molecular formula is C22H26N4O3S. The number of sulfonamides is 1. The molecule has 0 aliphatic carbocycles. The zero-order valence-electron chi connectivity index (χ0n) is 17.2. The van der Waals surface area contributed by atoms with Crippen molar-refractivity contribution in [2.24, 2.45) is 0 Å². The SMILES string of the molecule is CCN1CCOC(c2ccc(NS(=O)(=O)c3cnn(-c4ccccc4)c3C)cc2)C1. The molecule has 2 heterocycles. The molecule has 8 heteroatoms. The fraction of sp³-hybridized carbons (Fsp3) is 0.318. The number of para-hydroxylation sites is 1. The van der Waals surface area contributed by atoms with Crippen LogP contribution in [0.25, 0.3) is 5.69 Å². The quantitative estimate of drug-likeness (QED) is 0.654. The lowest BCUT2D eigenvalue weighted by Gasteiger charge is -2.32. The van der Waals surface area contributed by atoms with Gasteiger partial charge in [-0.2, -0.15) is 5.10 Å². The second-order valence-corrected chi connectivity index (χ2v) is 8.97. The second-order valence-electron chi connectivity index (χ2n) is 7.32. The molecule has 4 rings (SSSR count). The number of hydrogen-bond acceptors (Lipinski definition) is 5. The van der Waals surface area contributed by atoms with E-state index in [4.69, 9.17) is 4.74 Å². The van der Waals surface area contributed by atoms with Crippen LogP contribution >= 0.6 is 0 Å². The molecule has 1 atom stereocenters. The second kappa shape index (κ2) is 8.59. The first kappa shape index (κ1) is 20.6. The van der Waals surface area contributed by atoms with Gasteiger partial charge in [0.05, 0.1) is 30.3 Å². The number of ether oxygens (including phenoxy) is 1. The van der Waals surface area contributed by atoms with Crippen molar-refractivity contribution in [3.05, 3.63) is 72.1 Å². The Morgan fingerprint density at radius 3 is 2.57 bits per heavy atom. The molecule has 0 radical (unpaired) electrons. The third-order valence-corrected chi connectivity index (χ3v) is 6.87. The zero-order chi connectivity index (χ0) is 21.1. The molecule has 1 unspecified atom stereocenters. The maximum atomic E-state index is 12.9. The summed E-state index contributed by atoms with van der Waals surface area (Å²) in [5.41, 5.74) is 2.92. The Hall–Kier alpha value is -2.68. The van der Waals surface area contributed by atoms with Gasteiger partial charge in [-0.3, -0.25) is 9.62 Å². The summed E-state index contributed by atoms with van der Waals surface area (Å²) in [7, 11) is -3.75. The van der Waals surface area contributed by atoms with E-state index in [9.17, 15) is 8.42 Å². The predicted octanol–water partition coefficient (Wildman–Crippen LogP) is 3.37. The van der Waals surface area contributed by atoms with Crippen molar-refractivity contribution >= 4 is 15.7 Å². The van der Waals surface area contributed by atoms with Gasteiger partial charge in [0, 0.05) is 18.8 Å². The lowest BCUT2D eigenvalue weighted by Crippen LogP contribution is -2.38. The molecule has 158 valence electrons. The van der Waals surface area contributed by atoms with E-state index in [0.29, 0.717) is 18.0 Å². The van der Waals surface area contributed by atoms with Gasteiger partial charge in [0.15, 0.2) is 0 Å². The van der Waals surface area contributed by atoms with E-state index in [1.165, 1.54) is 6.20 Å². The van der Waals surface area contributed by atoms with Crippen molar-refractivity contribution in [2.75, 3.05) is 31.0 Å². The molecule has 7 nitrogen and oxygen atoms in total. The summed E-state index contributed by atoms with van der Waals surface area (Å²) >= 11 is 0. The van der Waals surface area contributed by atoms with Crippen molar-refractivity contribution in [1.82, 2.24) is 14.7 Å². The third-order valence-electron chi connectivity index (χ3n) is 5.39. The van der Waals surface area contributed by atoms with Crippen molar-refractivity contribution in [3.8, 4) is 5.69 Å². The summed E-state index contributed by atoms with van der Waals surface area (Å²) in [4.78, 5) is 2.50. The lowest BCUT2D eigenvalue weighted by atomic mass is 10.1. The summed E-state index contributed by atoms with van der Waals surface area (Å²) in [6.07, 6.45) is 1.39. The van der Waals surface area contributed by atoms with E-state index in [1.54, 1.807) is 23.7 Å². The normalized spacial score (nSPS) is 17.7. The summed E-state index contributed by atoms with van der Waals surface area (Å²) in [5, 5.41) is 4.26. The van der Waals surface area contributed by atoms with E-state index in [0.717, 1.165) is 30.9 Å². The minimum atomic E-state index is -3.75. The van der Waals surface area contributed by atoms with Crippen LogP contribution in [-0.4, -0.2) is 49.3 Å². The van der Waals surface area contributed by atoms with Gasteiger partial charge in [0.2, 0.25) is 0 Å². The van der Waals surface area contributed by atoms with Gasteiger partial charge < -0.3 is 4.74 Å². The highest BCUT2D eigenvalue weighted by atomic mass is 32.2. The average molecular weight is 427 g/mol. The molecule has 2 aromatic carbocycles. The summed E-state index contributed by atoms with van der Waals surface area (Å²) in [6, 6.07) is 16.8. The van der Waals surface area contributed by atoms with E-state index >= 15 is 0 Å². The number of nitrogens with one attached hydrogen (secondary N) is 1. The predicted molar refractivity (Wildman–Crippen MR) is 116 cm³/mol. The van der Waals surface area contributed by atoms with Crippen molar-refractivity contribution in [2.45, 2.75) is 24.8 Å². The number of benzene rings is 2. The van der Waals surface area contributed by atoms with Gasteiger partial charge in [-0.05, 0) is 43.3 Å². The molecule has 1 N–H and O–H groups in total. The molecule has 1 fully saturated rings. The fourth-order valence-electron chi connectivity index (χ4n) is 3.66. The molecule has 1 aromatic heterocycles. The van der Waals surface area contributed by atoms with Crippen molar-refractivity contribution < 1.29 is 13.2 Å². The van der Waals surface area contributed by atoms with Gasteiger partial charge in [-0.15, -0.1) is 0 Å². The van der Waals surface area contributed by atoms with Gasteiger partial charge >= 0.3 is 0 Å². The zero-order valence-corrected chi connectivity index (χ0v) is 18.0. The number of rotatable bonds is 6. The van der Waals surface area contributed by atoms with Crippen LogP contribution < -0.4 is 4.72 Å². The van der Waals surface area contributed by atoms with E-state index in [2.05, 4.69) is 21.6 Å². The topological polar surface area (TPSA) is 76.5 Å². The number of likely N-dealkylation sites (N-methyl/N-ethyl adjacent to an activating group) is 1. The van der Waals surface area contributed by atoms with Crippen LogP contribution in [-0.2, 0) is 14.8 Å². The van der Waals surface area contributed by atoms with Crippen molar-refractivity contribution in [1.29, 1.82) is 0 Å². The summed E-state index contributed by atoms with van der Waals surface area (Å²) in [5.74, 6) is 0. The molecule has 30 heavy (non-hydrogen) atoms. The number of morpholine rings is 1. The molecule has 1 aliphatic heterocycles. The minimum absolute atomic E-state index is 0.00991. The fourth-order valence-corrected chi connectivity index (χ4v) is 4.87. The first-order valence-electron chi connectivity index (χ1n) is 10.0. The smallest absolute Gasteiger partial charge is 0.265 e. The highest BCUT2D eigenvalue weighted by Gasteiger charge is 2.23.